The van der Waals surface area contributed by atoms with E-state index >= 15 is 0 Å². The van der Waals surface area contributed by atoms with E-state index in [1.165, 1.54) is 38.9 Å². The maximum Gasteiger partial charge on any atom is 0.0594 e. The van der Waals surface area contributed by atoms with Crippen LogP contribution >= 0.6 is 0 Å². The fraction of sp³-hybridized carbons (Fsp3) is 1.00. The van der Waals surface area contributed by atoms with Crippen molar-refractivity contribution in [3.05, 3.63) is 0 Å². The van der Waals surface area contributed by atoms with Crippen molar-refractivity contribution in [2.45, 2.75) is 25.3 Å². The molecule has 2 rings (SSSR count). The summed E-state index contributed by atoms with van der Waals surface area (Å²) in [4.78, 5) is 5.26. The third kappa shape index (κ3) is 4.21. The number of hydrogen-bond donors (Lipinski definition) is 1. The molecule has 17 heavy (non-hydrogen) atoms. The molecule has 0 aromatic carbocycles. The van der Waals surface area contributed by atoms with Crippen molar-refractivity contribution in [1.82, 2.24) is 15.1 Å². The molecule has 2 fully saturated rings. The number of nitrogens with zero attached hydrogens (tertiary/aromatic N) is 2. The lowest BCUT2D eigenvalue weighted by Gasteiger charge is -2.32. The lowest BCUT2D eigenvalue weighted by Crippen LogP contribution is -2.44. The predicted octanol–water partition coefficient (Wildman–Crippen LogP) is 0.393. The first kappa shape index (κ1) is 13.3. The van der Waals surface area contributed by atoms with Gasteiger partial charge in [0.15, 0.2) is 0 Å². The van der Waals surface area contributed by atoms with Gasteiger partial charge in [-0.05, 0) is 45.9 Å². The summed E-state index contributed by atoms with van der Waals surface area (Å²) >= 11 is 0. The van der Waals surface area contributed by atoms with Gasteiger partial charge >= 0.3 is 0 Å². The maximum absolute atomic E-state index is 5.42. The Bertz CT molecular complexity index is 207. The van der Waals surface area contributed by atoms with Gasteiger partial charge in [-0.15, -0.1) is 0 Å². The van der Waals surface area contributed by atoms with Crippen molar-refractivity contribution in [2.24, 2.45) is 0 Å². The van der Waals surface area contributed by atoms with E-state index < -0.39 is 0 Å². The largest absolute Gasteiger partial charge is 0.379 e. The molecule has 0 spiro atoms. The Balaban J connectivity index is 1.61. The molecule has 1 unspecified atom stereocenters. The van der Waals surface area contributed by atoms with Gasteiger partial charge in [-0.2, -0.15) is 0 Å². The Kier molecular flexibility index (Phi) is 5.71. The molecular formula is C13H27N3O. The van der Waals surface area contributed by atoms with Crippen LogP contribution in [-0.2, 0) is 4.74 Å². The van der Waals surface area contributed by atoms with Crippen molar-refractivity contribution < 1.29 is 4.74 Å². The molecule has 1 N–H and O–H groups in total. The molecule has 2 saturated heterocycles. The molecule has 1 atom stereocenters. The average Bonchev–Trinajstić information content (AvgIpc) is 2.85. The van der Waals surface area contributed by atoms with E-state index in [-0.39, 0.29) is 0 Å². The minimum atomic E-state index is 0.795. The number of nitrogens with one attached hydrogen (secondary N) is 1. The van der Waals surface area contributed by atoms with Gasteiger partial charge in [-0.3, -0.25) is 4.90 Å². The minimum absolute atomic E-state index is 0.795. The predicted molar refractivity (Wildman–Crippen MR) is 70.4 cm³/mol. The van der Waals surface area contributed by atoms with Crippen LogP contribution in [0.5, 0.6) is 0 Å². The monoisotopic (exact) mass is 241 g/mol. The zero-order chi connectivity index (χ0) is 11.9. The van der Waals surface area contributed by atoms with Crippen LogP contribution in [0.3, 0.4) is 0 Å². The van der Waals surface area contributed by atoms with Gasteiger partial charge in [0.05, 0.1) is 13.2 Å². The maximum atomic E-state index is 5.42. The standard InChI is InChI=1S/C13H27N3O/c1-14-5-2-3-6-15-7-4-13(12-15)16-8-10-17-11-9-16/h13-14H,2-12H2,1H3. The van der Waals surface area contributed by atoms with Crippen LogP contribution in [0, 0.1) is 0 Å². The zero-order valence-electron chi connectivity index (χ0n) is 11.2. The van der Waals surface area contributed by atoms with Crippen LogP contribution in [0.25, 0.3) is 0 Å². The second-order valence-corrected chi connectivity index (χ2v) is 5.20. The molecule has 2 aliphatic heterocycles. The summed E-state index contributed by atoms with van der Waals surface area (Å²) in [5, 5.41) is 3.21. The van der Waals surface area contributed by atoms with Crippen LogP contribution in [0.2, 0.25) is 0 Å². The van der Waals surface area contributed by atoms with E-state index in [4.69, 9.17) is 4.74 Å². The number of ether oxygens (including phenoxy) is 1. The summed E-state index contributed by atoms with van der Waals surface area (Å²) in [6, 6.07) is 0.795. The highest BCUT2D eigenvalue weighted by Crippen LogP contribution is 2.17. The lowest BCUT2D eigenvalue weighted by molar-refractivity contribution is 0.0185. The Morgan fingerprint density at radius 3 is 2.76 bits per heavy atom. The van der Waals surface area contributed by atoms with Crippen LogP contribution in [-0.4, -0.2) is 75.4 Å². The van der Waals surface area contributed by atoms with Gasteiger partial charge in [-0.1, -0.05) is 0 Å². The van der Waals surface area contributed by atoms with Gasteiger partial charge in [-0.25, -0.2) is 0 Å². The minimum Gasteiger partial charge on any atom is -0.379 e. The first-order valence-electron chi connectivity index (χ1n) is 7.09. The topological polar surface area (TPSA) is 27.7 Å². The third-order valence-corrected chi connectivity index (χ3v) is 3.96. The summed E-state index contributed by atoms with van der Waals surface area (Å²) in [6.45, 7) is 9.14. The number of morpholine rings is 1. The fourth-order valence-corrected chi connectivity index (χ4v) is 2.89. The van der Waals surface area contributed by atoms with Gasteiger partial charge in [0.2, 0.25) is 0 Å². The summed E-state index contributed by atoms with van der Waals surface area (Å²) < 4.78 is 5.42. The molecule has 0 aromatic heterocycles. The van der Waals surface area contributed by atoms with E-state index in [0.29, 0.717) is 0 Å². The Labute approximate surface area is 105 Å². The molecule has 100 valence electrons. The molecule has 0 aromatic rings. The van der Waals surface area contributed by atoms with Crippen LogP contribution in [0.15, 0.2) is 0 Å². The normalized spacial score (nSPS) is 27.7. The van der Waals surface area contributed by atoms with E-state index in [1.54, 1.807) is 0 Å². The SMILES string of the molecule is CNCCCCN1CCC(N2CCOCC2)C1. The fourth-order valence-electron chi connectivity index (χ4n) is 2.89. The first-order valence-corrected chi connectivity index (χ1v) is 7.09. The van der Waals surface area contributed by atoms with Gasteiger partial charge in [0, 0.05) is 25.7 Å². The van der Waals surface area contributed by atoms with E-state index in [9.17, 15) is 0 Å². The molecule has 0 bridgehead atoms. The molecule has 2 aliphatic rings. The smallest absolute Gasteiger partial charge is 0.0594 e. The second-order valence-electron chi connectivity index (χ2n) is 5.20. The summed E-state index contributed by atoms with van der Waals surface area (Å²) in [5.41, 5.74) is 0. The average molecular weight is 241 g/mol. The van der Waals surface area contributed by atoms with E-state index in [1.807, 2.05) is 7.05 Å². The Morgan fingerprint density at radius 2 is 2.00 bits per heavy atom. The molecule has 2 heterocycles. The van der Waals surface area contributed by atoms with Crippen LogP contribution < -0.4 is 5.32 Å². The summed E-state index contributed by atoms with van der Waals surface area (Å²) in [5.74, 6) is 0. The van der Waals surface area contributed by atoms with Gasteiger partial charge in [0.1, 0.15) is 0 Å². The van der Waals surface area contributed by atoms with E-state index in [0.717, 1.165) is 38.9 Å². The zero-order valence-corrected chi connectivity index (χ0v) is 11.2. The number of rotatable bonds is 6. The Morgan fingerprint density at radius 1 is 1.18 bits per heavy atom. The Hall–Kier alpha value is -0.160. The van der Waals surface area contributed by atoms with Crippen molar-refractivity contribution in [1.29, 1.82) is 0 Å². The number of hydrogen-bond acceptors (Lipinski definition) is 4. The highest BCUT2D eigenvalue weighted by molar-refractivity contribution is 4.84. The summed E-state index contributed by atoms with van der Waals surface area (Å²) in [6.07, 6.45) is 3.98. The van der Waals surface area contributed by atoms with E-state index in [2.05, 4.69) is 15.1 Å². The number of unbranched alkanes of at least 4 members (excludes halogenated alkanes) is 1. The number of likely N-dealkylation sites (tertiary alicyclic amines) is 1. The molecular weight excluding hydrogens is 214 g/mol. The first-order chi connectivity index (χ1) is 8.40. The highest BCUT2D eigenvalue weighted by atomic mass is 16.5. The summed E-state index contributed by atoms with van der Waals surface area (Å²) in [7, 11) is 2.03. The second kappa shape index (κ2) is 7.31. The quantitative estimate of drug-likeness (QED) is 0.681. The molecule has 4 heteroatoms. The molecule has 4 nitrogen and oxygen atoms in total. The molecule has 0 aliphatic carbocycles. The van der Waals surface area contributed by atoms with Gasteiger partial charge in [0.25, 0.3) is 0 Å². The van der Waals surface area contributed by atoms with Crippen molar-refractivity contribution >= 4 is 0 Å². The van der Waals surface area contributed by atoms with Crippen molar-refractivity contribution in [3.8, 4) is 0 Å². The molecule has 0 radical (unpaired) electrons. The van der Waals surface area contributed by atoms with Crippen molar-refractivity contribution in [3.63, 3.8) is 0 Å². The molecule has 0 amide bonds. The lowest BCUT2D eigenvalue weighted by atomic mass is 10.2. The van der Waals surface area contributed by atoms with Crippen LogP contribution in [0.4, 0.5) is 0 Å². The van der Waals surface area contributed by atoms with Gasteiger partial charge < -0.3 is 15.0 Å². The van der Waals surface area contributed by atoms with Crippen molar-refractivity contribution in [2.75, 3.05) is 59.5 Å². The molecule has 0 saturated carbocycles. The highest BCUT2D eigenvalue weighted by Gasteiger charge is 2.27. The van der Waals surface area contributed by atoms with Crippen LogP contribution in [0.1, 0.15) is 19.3 Å². The third-order valence-electron chi connectivity index (χ3n) is 3.96.